The first-order valence-electron chi connectivity index (χ1n) is 5.96. The van der Waals surface area contributed by atoms with E-state index in [1.54, 1.807) is 5.38 Å². The zero-order valence-electron chi connectivity index (χ0n) is 10.4. The van der Waals surface area contributed by atoms with E-state index in [1.807, 2.05) is 0 Å². The SMILES string of the molecule is NCCc1nc(C(=O)N2CCOCC2C(N)=O)cs1. The number of carbonyl (C=O) groups is 2. The van der Waals surface area contributed by atoms with Crippen molar-refractivity contribution in [3.63, 3.8) is 0 Å². The minimum atomic E-state index is -0.721. The first-order valence-corrected chi connectivity index (χ1v) is 6.84. The van der Waals surface area contributed by atoms with Crippen LogP contribution in [0.4, 0.5) is 0 Å². The summed E-state index contributed by atoms with van der Waals surface area (Å²) in [6.07, 6.45) is 0.639. The smallest absolute Gasteiger partial charge is 0.274 e. The standard InChI is InChI=1S/C11H16N4O3S/c12-2-1-9-14-7(6-19-9)11(17)15-3-4-18-5-8(15)10(13)16/h6,8H,1-5,12H2,(H2,13,16). The van der Waals surface area contributed by atoms with Crippen LogP contribution in [0, 0.1) is 0 Å². The van der Waals surface area contributed by atoms with Gasteiger partial charge in [0.05, 0.1) is 18.2 Å². The lowest BCUT2D eigenvalue weighted by molar-refractivity contribution is -0.127. The number of hydrogen-bond donors (Lipinski definition) is 2. The molecule has 0 spiro atoms. The predicted octanol–water partition coefficient (Wildman–Crippen LogP) is -1.03. The highest BCUT2D eigenvalue weighted by Crippen LogP contribution is 2.15. The van der Waals surface area contributed by atoms with Crippen LogP contribution in [0.5, 0.6) is 0 Å². The molecule has 0 bridgehead atoms. The molecule has 0 aromatic carbocycles. The molecule has 1 aliphatic heterocycles. The van der Waals surface area contributed by atoms with Crippen molar-refractivity contribution in [3.05, 3.63) is 16.1 Å². The lowest BCUT2D eigenvalue weighted by Crippen LogP contribution is -2.54. The van der Waals surface area contributed by atoms with E-state index in [2.05, 4.69) is 4.98 Å². The maximum absolute atomic E-state index is 12.3. The second-order valence-corrected chi connectivity index (χ2v) is 5.10. The monoisotopic (exact) mass is 284 g/mol. The van der Waals surface area contributed by atoms with E-state index in [4.69, 9.17) is 16.2 Å². The Morgan fingerprint density at radius 3 is 3.05 bits per heavy atom. The van der Waals surface area contributed by atoms with Crippen LogP contribution < -0.4 is 11.5 Å². The van der Waals surface area contributed by atoms with E-state index in [0.717, 1.165) is 5.01 Å². The van der Waals surface area contributed by atoms with Crippen LogP contribution in [0.1, 0.15) is 15.5 Å². The molecule has 7 nitrogen and oxygen atoms in total. The summed E-state index contributed by atoms with van der Waals surface area (Å²) >= 11 is 1.39. The topological polar surface area (TPSA) is 112 Å². The summed E-state index contributed by atoms with van der Waals surface area (Å²) in [6, 6.07) is -0.721. The number of morpholine rings is 1. The van der Waals surface area contributed by atoms with Crippen LogP contribution in [0.25, 0.3) is 0 Å². The fourth-order valence-corrected chi connectivity index (χ4v) is 2.66. The summed E-state index contributed by atoms with van der Waals surface area (Å²) in [5, 5.41) is 2.50. The van der Waals surface area contributed by atoms with Crippen LogP contribution in [-0.4, -0.2) is 54.0 Å². The van der Waals surface area contributed by atoms with Gasteiger partial charge in [-0.2, -0.15) is 0 Å². The highest BCUT2D eigenvalue weighted by molar-refractivity contribution is 7.09. The summed E-state index contributed by atoms with van der Waals surface area (Å²) in [6.45, 7) is 1.37. The maximum atomic E-state index is 12.3. The Bertz CT molecular complexity index is 476. The van der Waals surface area contributed by atoms with Gasteiger partial charge in [-0.3, -0.25) is 9.59 Å². The summed E-state index contributed by atoms with van der Waals surface area (Å²) in [5.74, 6) is -0.850. The molecule has 0 saturated carbocycles. The van der Waals surface area contributed by atoms with Crippen LogP contribution >= 0.6 is 11.3 Å². The molecule has 0 aliphatic carbocycles. The second-order valence-electron chi connectivity index (χ2n) is 4.16. The van der Waals surface area contributed by atoms with Gasteiger partial charge in [-0.25, -0.2) is 4.98 Å². The zero-order valence-corrected chi connectivity index (χ0v) is 11.2. The Kier molecular flexibility index (Phi) is 4.46. The van der Waals surface area contributed by atoms with E-state index in [9.17, 15) is 9.59 Å². The highest BCUT2D eigenvalue weighted by atomic mass is 32.1. The van der Waals surface area contributed by atoms with Gasteiger partial charge in [0.25, 0.3) is 5.91 Å². The van der Waals surface area contributed by atoms with Crippen molar-refractivity contribution in [3.8, 4) is 0 Å². The van der Waals surface area contributed by atoms with Gasteiger partial charge in [-0.05, 0) is 6.54 Å². The van der Waals surface area contributed by atoms with Crippen molar-refractivity contribution in [2.45, 2.75) is 12.5 Å². The fraction of sp³-hybridized carbons (Fsp3) is 0.545. The molecule has 4 N–H and O–H groups in total. The molecule has 1 aliphatic rings. The highest BCUT2D eigenvalue weighted by Gasteiger charge is 2.32. The quantitative estimate of drug-likeness (QED) is 0.734. The second kappa shape index (κ2) is 6.09. The molecule has 1 atom stereocenters. The molecule has 1 saturated heterocycles. The van der Waals surface area contributed by atoms with Gasteiger partial charge in [0, 0.05) is 18.3 Å². The van der Waals surface area contributed by atoms with Gasteiger partial charge < -0.3 is 21.1 Å². The van der Waals surface area contributed by atoms with E-state index in [-0.39, 0.29) is 12.5 Å². The molecule has 2 rings (SSSR count). The number of hydrogen-bond acceptors (Lipinski definition) is 6. The van der Waals surface area contributed by atoms with Gasteiger partial charge >= 0.3 is 0 Å². The minimum Gasteiger partial charge on any atom is -0.377 e. The minimum absolute atomic E-state index is 0.140. The average Bonchev–Trinajstić information content (AvgIpc) is 2.87. The molecule has 19 heavy (non-hydrogen) atoms. The van der Waals surface area contributed by atoms with Crippen molar-refractivity contribution in [1.29, 1.82) is 0 Å². The van der Waals surface area contributed by atoms with Crippen molar-refractivity contribution in [1.82, 2.24) is 9.88 Å². The summed E-state index contributed by atoms with van der Waals surface area (Å²) in [5.41, 5.74) is 11.1. The van der Waals surface area contributed by atoms with Gasteiger partial charge in [0.2, 0.25) is 5.91 Å². The Hall–Kier alpha value is -1.51. The first-order chi connectivity index (χ1) is 9.13. The van der Waals surface area contributed by atoms with Crippen molar-refractivity contribution < 1.29 is 14.3 Å². The third kappa shape index (κ3) is 3.09. The number of rotatable bonds is 4. The Balaban J connectivity index is 2.14. The van der Waals surface area contributed by atoms with Gasteiger partial charge in [0.15, 0.2) is 0 Å². The van der Waals surface area contributed by atoms with Crippen LogP contribution in [-0.2, 0) is 16.0 Å². The van der Waals surface area contributed by atoms with Gasteiger partial charge in [-0.1, -0.05) is 0 Å². The molecule has 2 amide bonds. The molecule has 8 heteroatoms. The number of carbonyl (C=O) groups excluding carboxylic acids is 2. The molecule has 1 fully saturated rings. The molecule has 1 aromatic rings. The number of aromatic nitrogens is 1. The predicted molar refractivity (Wildman–Crippen MR) is 69.7 cm³/mol. The van der Waals surface area contributed by atoms with E-state index in [0.29, 0.717) is 31.8 Å². The van der Waals surface area contributed by atoms with Crippen molar-refractivity contribution in [2.24, 2.45) is 11.5 Å². The zero-order chi connectivity index (χ0) is 13.8. The molecule has 0 radical (unpaired) electrons. The third-order valence-corrected chi connectivity index (χ3v) is 3.76. The molecule has 1 aromatic heterocycles. The van der Waals surface area contributed by atoms with Crippen LogP contribution in [0.2, 0.25) is 0 Å². The summed E-state index contributed by atoms with van der Waals surface area (Å²) in [4.78, 5) is 29.3. The Morgan fingerprint density at radius 2 is 2.37 bits per heavy atom. The molecule has 104 valence electrons. The Morgan fingerprint density at radius 1 is 1.58 bits per heavy atom. The third-order valence-electron chi connectivity index (χ3n) is 2.85. The summed E-state index contributed by atoms with van der Waals surface area (Å²) in [7, 11) is 0. The van der Waals surface area contributed by atoms with Gasteiger partial charge in [0.1, 0.15) is 11.7 Å². The Labute approximate surface area is 114 Å². The van der Waals surface area contributed by atoms with Crippen LogP contribution in [0.3, 0.4) is 0 Å². The molecule has 2 heterocycles. The number of thiazole rings is 1. The molecular weight excluding hydrogens is 268 g/mol. The maximum Gasteiger partial charge on any atom is 0.274 e. The van der Waals surface area contributed by atoms with E-state index >= 15 is 0 Å². The van der Waals surface area contributed by atoms with E-state index < -0.39 is 11.9 Å². The molecule has 1 unspecified atom stereocenters. The van der Waals surface area contributed by atoms with E-state index in [1.165, 1.54) is 16.2 Å². The lowest BCUT2D eigenvalue weighted by Gasteiger charge is -2.32. The molecular formula is C11H16N4O3S. The number of amides is 2. The number of nitrogens with zero attached hydrogens (tertiary/aromatic N) is 2. The fourth-order valence-electron chi connectivity index (χ4n) is 1.88. The lowest BCUT2D eigenvalue weighted by atomic mass is 10.2. The first kappa shape index (κ1) is 13.9. The number of primary amides is 1. The van der Waals surface area contributed by atoms with Gasteiger partial charge in [-0.15, -0.1) is 11.3 Å². The number of nitrogens with two attached hydrogens (primary N) is 2. The van der Waals surface area contributed by atoms with Crippen molar-refractivity contribution in [2.75, 3.05) is 26.3 Å². The average molecular weight is 284 g/mol. The number of ether oxygens (including phenoxy) is 1. The largest absolute Gasteiger partial charge is 0.377 e. The normalized spacial score (nSPS) is 19.4. The summed E-state index contributed by atoms with van der Waals surface area (Å²) < 4.78 is 5.17. The van der Waals surface area contributed by atoms with Crippen molar-refractivity contribution >= 4 is 23.2 Å². The van der Waals surface area contributed by atoms with Crippen LogP contribution in [0.15, 0.2) is 5.38 Å².